The molecular formula is C29H40O3. The third-order valence-electron chi connectivity index (χ3n) is 6.24. The second kappa shape index (κ2) is 14.3. The van der Waals surface area contributed by atoms with Gasteiger partial charge in [0.2, 0.25) is 0 Å². The largest absolute Gasteiger partial charge is 0.377 e. The fraction of sp³-hybridized carbons (Fsp3) is 0.517. The number of benzene rings is 2. The van der Waals surface area contributed by atoms with E-state index in [1.807, 2.05) is 14.0 Å². The molecule has 1 aliphatic heterocycles. The lowest BCUT2D eigenvalue weighted by atomic mass is 9.99. The number of methoxy groups -OCH3 is 1. The summed E-state index contributed by atoms with van der Waals surface area (Å²) in [5.74, 6) is 0. The third kappa shape index (κ3) is 9.28. The first-order chi connectivity index (χ1) is 15.7. The SMILES string of the molecule is CO[C@@H](/C=C/CCC[C@@H]1C[C@H](CCc2ccccc2)O[C@H](C)O1)CCCc1ccccc1. The topological polar surface area (TPSA) is 27.7 Å². The summed E-state index contributed by atoms with van der Waals surface area (Å²) in [6, 6.07) is 21.4. The van der Waals surface area contributed by atoms with Crippen molar-refractivity contribution in [1.29, 1.82) is 0 Å². The lowest BCUT2D eigenvalue weighted by Crippen LogP contribution is -2.36. The number of unbranched alkanes of at least 4 members (excludes halogenated alkanes) is 1. The first kappa shape index (κ1) is 24.7. The molecule has 0 radical (unpaired) electrons. The van der Waals surface area contributed by atoms with E-state index in [0.717, 1.165) is 57.8 Å². The number of hydrogen-bond acceptors (Lipinski definition) is 3. The maximum Gasteiger partial charge on any atom is 0.155 e. The average molecular weight is 437 g/mol. The summed E-state index contributed by atoms with van der Waals surface area (Å²) in [6.07, 6.45) is 15.0. The van der Waals surface area contributed by atoms with Crippen molar-refractivity contribution < 1.29 is 14.2 Å². The Hall–Kier alpha value is -1.94. The molecule has 0 amide bonds. The molecule has 0 unspecified atom stereocenters. The van der Waals surface area contributed by atoms with E-state index in [-0.39, 0.29) is 12.4 Å². The first-order valence-electron chi connectivity index (χ1n) is 12.3. The van der Waals surface area contributed by atoms with E-state index in [1.54, 1.807) is 0 Å². The molecule has 2 aromatic carbocycles. The molecule has 4 atom stereocenters. The highest BCUT2D eigenvalue weighted by atomic mass is 16.7. The van der Waals surface area contributed by atoms with Crippen LogP contribution in [0.3, 0.4) is 0 Å². The highest BCUT2D eigenvalue weighted by molar-refractivity contribution is 5.15. The molecule has 0 N–H and O–H groups in total. The van der Waals surface area contributed by atoms with Crippen LogP contribution >= 0.6 is 0 Å². The zero-order valence-corrected chi connectivity index (χ0v) is 19.8. The van der Waals surface area contributed by atoms with Crippen molar-refractivity contribution in [1.82, 2.24) is 0 Å². The van der Waals surface area contributed by atoms with Crippen LogP contribution in [0.1, 0.15) is 63.0 Å². The number of ether oxygens (including phenoxy) is 3. The summed E-state index contributed by atoms with van der Waals surface area (Å²) in [5.41, 5.74) is 2.78. The van der Waals surface area contributed by atoms with Gasteiger partial charge in [-0.15, -0.1) is 0 Å². The lowest BCUT2D eigenvalue weighted by molar-refractivity contribution is -0.235. The van der Waals surface area contributed by atoms with Crippen molar-refractivity contribution in [2.45, 2.75) is 89.3 Å². The maximum absolute atomic E-state index is 6.04. The summed E-state index contributed by atoms with van der Waals surface area (Å²) in [6.45, 7) is 2.03. The van der Waals surface area contributed by atoms with Gasteiger partial charge in [-0.25, -0.2) is 0 Å². The van der Waals surface area contributed by atoms with Gasteiger partial charge in [0, 0.05) is 13.5 Å². The predicted octanol–water partition coefficient (Wildman–Crippen LogP) is 6.90. The van der Waals surface area contributed by atoms with Gasteiger partial charge in [0.05, 0.1) is 18.3 Å². The van der Waals surface area contributed by atoms with Crippen LogP contribution in [0.2, 0.25) is 0 Å². The van der Waals surface area contributed by atoms with Crippen LogP contribution in [0.15, 0.2) is 72.8 Å². The molecule has 174 valence electrons. The Balaban J connectivity index is 1.31. The van der Waals surface area contributed by atoms with Gasteiger partial charge in [0.1, 0.15) is 0 Å². The van der Waals surface area contributed by atoms with Crippen molar-refractivity contribution in [2.75, 3.05) is 7.11 Å². The number of aryl methyl sites for hydroxylation is 2. The molecule has 0 saturated carbocycles. The van der Waals surface area contributed by atoms with E-state index in [9.17, 15) is 0 Å². The average Bonchev–Trinajstić information content (AvgIpc) is 2.82. The molecule has 3 rings (SSSR count). The van der Waals surface area contributed by atoms with Crippen molar-refractivity contribution in [3.63, 3.8) is 0 Å². The summed E-state index contributed by atoms with van der Waals surface area (Å²) in [4.78, 5) is 0. The molecule has 32 heavy (non-hydrogen) atoms. The van der Waals surface area contributed by atoms with Gasteiger partial charge in [0.15, 0.2) is 6.29 Å². The Kier molecular flexibility index (Phi) is 11.0. The molecule has 1 saturated heterocycles. The summed E-state index contributed by atoms with van der Waals surface area (Å²) in [7, 11) is 1.81. The minimum atomic E-state index is -0.104. The second-order valence-electron chi connectivity index (χ2n) is 8.85. The van der Waals surface area contributed by atoms with Crippen LogP contribution in [0, 0.1) is 0 Å². The van der Waals surface area contributed by atoms with Gasteiger partial charge < -0.3 is 14.2 Å². The predicted molar refractivity (Wildman–Crippen MR) is 132 cm³/mol. The molecule has 1 aliphatic rings. The van der Waals surface area contributed by atoms with Crippen LogP contribution in [-0.4, -0.2) is 31.7 Å². The van der Waals surface area contributed by atoms with Crippen molar-refractivity contribution >= 4 is 0 Å². The Labute approximate surface area is 194 Å². The minimum absolute atomic E-state index is 0.104. The first-order valence-corrected chi connectivity index (χ1v) is 12.3. The van der Waals surface area contributed by atoms with Crippen molar-refractivity contribution in [2.24, 2.45) is 0 Å². The van der Waals surface area contributed by atoms with Crippen LogP contribution in [-0.2, 0) is 27.1 Å². The number of hydrogen-bond donors (Lipinski definition) is 0. The molecule has 1 fully saturated rings. The summed E-state index contributed by atoms with van der Waals surface area (Å²) < 4.78 is 17.7. The van der Waals surface area contributed by atoms with Crippen LogP contribution in [0.25, 0.3) is 0 Å². The quantitative estimate of drug-likeness (QED) is 0.252. The zero-order valence-electron chi connectivity index (χ0n) is 19.8. The highest BCUT2D eigenvalue weighted by Gasteiger charge is 2.27. The van der Waals surface area contributed by atoms with Crippen LogP contribution in [0.4, 0.5) is 0 Å². The molecule has 0 bridgehead atoms. The smallest absolute Gasteiger partial charge is 0.155 e. The van der Waals surface area contributed by atoms with E-state index < -0.39 is 0 Å². The van der Waals surface area contributed by atoms with Crippen molar-refractivity contribution in [3.05, 3.63) is 83.9 Å². The molecule has 0 spiro atoms. The number of rotatable bonds is 13. The molecule has 2 aromatic rings. The molecule has 3 nitrogen and oxygen atoms in total. The fourth-order valence-corrected chi connectivity index (χ4v) is 4.48. The van der Waals surface area contributed by atoms with Gasteiger partial charge in [-0.1, -0.05) is 72.8 Å². The molecule has 0 aromatic heterocycles. The summed E-state index contributed by atoms with van der Waals surface area (Å²) >= 11 is 0. The standard InChI is InChI=1S/C29H40O3/c1-24-31-28(23-29(32-24)22-21-26-15-8-4-9-16-26)19-11-5-10-18-27(30-2)20-12-17-25-13-6-3-7-14-25/h3-4,6-10,13-16,18,24,27-29H,5,11-12,17,19-23H2,1-2H3/b18-10+/t24-,27+,28-,29+/m1/s1. The Morgan fingerprint density at radius 3 is 2.16 bits per heavy atom. The zero-order chi connectivity index (χ0) is 22.4. The third-order valence-corrected chi connectivity index (χ3v) is 6.24. The Morgan fingerprint density at radius 1 is 0.875 bits per heavy atom. The van der Waals surface area contributed by atoms with E-state index in [1.165, 1.54) is 11.1 Å². The molecule has 1 heterocycles. The molecule has 3 heteroatoms. The van der Waals surface area contributed by atoms with Gasteiger partial charge in [-0.2, -0.15) is 0 Å². The van der Waals surface area contributed by atoms with Crippen molar-refractivity contribution in [3.8, 4) is 0 Å². The van der Waals surface area contributed by atoms with E-state index in [0.29, 0.717) is 12.2 Å². The van der Waals surface area contributed by atoms with Gasteiger partial charge in [-0.3, -0.25) is 0 Å². The van der Waals surface area contributed by atoms with Gasteiger partial charge in [-0.05, 0) is 69.4 Å². The van der Waals surface area contributed by atoms with Gasteiger partial charge in [0.25, 0.3) is 0 Å². The Bertz CT molecular complexity index is 758. The summed E-state index contributed by atoms with van der Waals surface area (Å²) in [5, 5.41) is 0. The lowest BCUT2D eigenvalue weighted by Gasteiger charge is -2.34. The van der Waals surface area contributed by atoms with E-state index in [4.69, 9.17) is 14.2 Å². The molecule has 0 aliphatic carbocycles. The Morgan fingerprint density at radius 2 is 1.50 bits per heavy atom. The second-order valence-corrected chi connectivity index (χ2v) is 8.85. The maximum atomic E-state index is 6.04. The van der Waals surface area contributed by atoms with Crippen LogP contribution in [0.5, 0.6) is 0 Å². The van der Waals surface area contributed by atoms with Gasteiger partial charge >= 0.3 is 0 Å². The monoisotopic (exact) mass is 436 g/mol. The minimum Gasteiger partial charge on any atom is -0.377 e. The molecular weight excluding hydrogens is 396 g/mol. The fourth-order valence-electron chi connectivity index (χ4n) is 4.48. The number of allylic oxidation sites excluding steroid dienone is 1. The van der Waals surface area contributed by atoms with Crippen LogP contribution < -0.4 is 0 Å². The highest BCUT2D eigenvalue weighted by Crippen LogP contribution is 2.25. The van der Waals surface area contributed by atoms with E-state index >= 15 is 0 Å². The van der Waals surface area contributed by atoms with E-state index in [2.05, 4.69) is 72.8 Å². The normalized spacial score (nSPS) is 22.2.